The second-order valence-electron chi connectivity index (χ2n) is 5.02. The van der Waals surface area contributed by atoms with Crippen LogP contribution in [0.4, 0.5) is 11.4 Å². The van der Waals surface area contributed by atoms with Crippen LogP contribution in [0.2, 0.25) is 0 Å². The van der Waals surface area contributed by atoms with E-state index in [2.05, 4.69) is 15.6 Å². The first kappa shape index (κ1) is 15.7. The van der Waals surface area contributed by atoms with Gasteiger partial charge in [-0.05, 0) is 36.2 Å². The van der Waals surface area contributed by atoms with E-state index < -0.39 is 0 Å². The van der Waals surface area contributed by atoms with Crippen LogP contribution in [-0.2, 0) is 16.0 Å². The molecule has 0 saturated heterocycles. The molecule has 0 fully saturated rings. The average Bonchev–Trinajstić information content (AvgIpc) is 2.51. The molecule has 0 radical (unpaired) electrons. The number of carbonyl (C=O) groups excluding carboxylic acids is 2. The largest absolute Gasteiger partial charge is 0.326 e. The topological polar surface area (TPSA) is 71.1 Å². The summed E-state index contributed by atoms with van der Waals surface area (Å²) < 4.78 is 0. The van der Waals surface area contributed by atoms with Crippen molar-refractivity contribution < 1.29 is 9.59 Å². The summed E-state index contributed by atoms with van der Waals surface area (Å²) in [5, 5.41) is 5.65. The van der Waals surface area contributed by atoms with Crippen molar-refractivity contribution in [2.45, 2.75) is 26.7 Å². The van der Waals surface area contributed by atoms with Gasteiger partial charge in [0.25, 0.3) is 0 Å². The summed E-state index contributed by atoms with van der Waals surface area (Å²) in [6, 6.07) is 9.11. The van der Waals surface area contributed by atoms with Crippen LogP contribution in [0, 0.1) is 6.92 Å². The third kappa shape index (κ3) is 4.41. The van der Waals surface area contributed by atoms with Crippen molar-refractivity contribution in [1.29, 1.82) is 0 Å². The summed E-state index contributed by atoms with van der Waals surface area (Å²) in [6.07, 6.45) is 4.02. The Kier molecular flexibility index (Phi) is 5.25. The van der Waals surface area contributed by atoms with Gasteiger partial charge in [-0.3, -0.25) is 14.6 Å². The molecular formula is C17H19N3O2. The summed E-state index contributed by atoms with van der Waals surface area (Å²) in [4.78, 5) is 27.5. The quantitative estimate of drug-likeness (QED) is 0.891. The van der Waals surface area contributed by atoms with Crippen LogP contribution in [0.25, 0.3) is 0 Å². The van der Waals surface area contributed by atoms with E-state index in [0.717, 1.165) is 11.1 Å². The van der Waals surface area contributed by atoms with Gasteiger partial charge in [-0.1, -0.05) is 19.1 Å². The first-order valence-electron chi connectivity index (χ1n) is 7.17. The van der Waals surface area contributed by atoms with Gasteiger partial charge in [-0.2, -0.15) is 0 Å². The van der Waals surface area contributed by atoms with Crippen LogP contribution in [0.15, 0.2) is 42.7 Å². The smallest absolute Gasteiger partial charge is 0.228 e. The highest BCUT2D eigenvalue weighted by Gasteiger charge is 2.08. The van der Waals surface area contributed by atoms with Gasteiger partial charge in [0.2, 0.25) is 11.8 Å². The number of benzene rings is 1. The van der Waals surface area contributed by atoms with Crippen LogP contribution in [0.5, 0.6) is 0 Å². The molecular weight excluding hydrogens is 278 g/mol. The van der Waals surface area contributed by atoms with E-state index in [1.807, 2.05) is 25.1 Å². The molecule has 2 aromatic rings. The maximum Gasteiger partial charge on any atom is 0.228 e. The van der Waals surface area contributed by atoms with E-state index in [-0.39, 0.29) is 18.2 Å². The second-order valence-corrected chi connectivity index (χ2v) is 5.02. The van der Waals surface area contributed by atoms with Crippen molar-refractivity contribution in [2.75, 3.05) is 10.6 Å². The molecule has 5 heteroatoms. The fourth-order valence-corrected chi connectivity index (χ4v) is 1.97. The highest BCUT2D eigenvalue weighted by Crippen LogP contribution is 2.20. The number of anilines is 2. The molecule has 2 rings (SSSR count). The molecule has 0 aliphatic carbocycles. The molecule has 114 valence electrons. The SMILES string of the molecule is CCC(=O)Nc1ccc(C)c(NC(=O)Cc2cccnc2)c1. The molecule has 0 aliphatic heterocycles. The van der Waals surface area contributed by atoms with Gasteiger partial charge >= 0.3 is 0 Å². The summed E-state index contributed by atoms with van der Waals surface area (Å²) >= 11 is 0. The monoisotopic (exact) mass is 297 g/mol. The Labute approximate surface area is 129 Å². The fraction of sp³-hybridized carbons (Fsp3) is 0.235. The standard InChI is InChI=1S/C17H19N3O2/c1-3-16(21)19-14-7-6-12(2)15(10-14)20-17(22)9-13-5-4-8-18-11-13/h4-8,10-11H,3,9H2,1-2H3,(H,19,21)(H,20,22). The normalized spacial score (nSPS) is 10.1. The number of nitrogens with one attached hydrogen (secondary N) is 2. The molecule has 0 atom stereocenters. The fourth-order valence-electron chi connectivity index (χ4n) is 1.97. The predicted octanol–water partition coefficient (Wildman–Crippen LogP) is 2.92. The first-order chi connectivity index (χ1) is 10.6. The number of hydrogen-bond donors (Lipinski definition) is 2. The zero-order valence-corrected chi connectivity index (χ0v) is 12.7. The van der Waals surface area contributed by atoms with Crippen molar-refractivity contribution in [3.8, 4) is 0 Å². The number of hydrogen-bond acceptors (Lipinski definition) is 3. The summed E-state index contributed by atoms with van der Waals surface area (Å²) in [5.41, 5.74) is 3.17. The zero-order valence-electron chi connectivity index (χ0n) is 12.7. The van der Waals surface area contributed by atoms with Gasteiger partial charge in [0.15, 0.2) is 0 Å². The van der Waals surface area contributed by atoms with Gasteiger partial charge in [0.05, 0.1) is 6.42 Å². The lowest BCUT2D eigenvalue weighted by molar-refractivity contribution is -0.116. The third-order valence-electron chi connectivity index (χ3n) is 3.20. The van der Waals surface area contributed by atoms with Crippen LogP contribution < -0.4 is 10.6 Å². The maximum atomic E-state index is 12.1. The average molecular weight is 297 g/mol. The van der Waals surface area contributed by atoms with Crippen molar-refractivity contribution in [3.05, 3.63) is 53.9 Å². The van der Waals surface area contributed by atoms with E-state index >= 15 is 0 Å². The molecule has 5 nitrogen and oxygen atoms in total. The van der Waals surface area contributed by atoms with Crippen molar-refractivity contribution >= 4 is 23.2 Å². The van der Waals surface area contributed by atoms with Gasteiger partial charge in [-0.15, -0.1) is 0 Å². The molecule has 22 heavy (non-hydrogen) atoms. The summed E-state index contributed by atoms with van der Waals surface area (Å²) in [5.74, 6) is -0.174. The number of nitrogens with zero attached hydrogens (tertiary/aromatic N) is 1. The maximum absolute atomic E-state index is 12.1. The molecule has 0 aliphatic rings. The van der Waals surface area contributed by atoms with E-state index in [1.165, 1.54) is 0 Å². The van der Waals surface area contributed by atoms with Crippen LogP contribution in [0.1, 0.15) is 24.5 Å². The Balaban J connectivity index is 2.06. The van der Waals surface area contributed by atoms with E-state index in [4.69, 9.17) is 0 Å². The predicted molar refractivity (Wildman–Crippen MR) is 86.7 cm³/mol. The Hall–Kier alpha value is -2.69. The molecule has 1 aromatic heterocycles. The van der Waals surface area contributed by atoms with Gasteiger partial charge in [0.1, 0.15) is 0 Å². The number of aryl methyl sites for hydroxylation is 1. The van der Waals surface area contributed by atoms with Gasteiger partial charge in [0, 0.05) is 30.2 Å². The Morgan fingerprint density at radius 1 is 1.14 bits per heavy atom. The number of pyridine rings is 1. The molecule has 2 N–H and O–H groups in total. The van der Waals surface area contributed by atoms with E-state index in [0.29, 0.717) is 17.8 Å². The lowest BCUT2D eigenvalue weighted by Crippen LogP contribution is -2.16. The minimum atomic E-state index is -0.116. The summed E-state index contributed by atoms with van der Waals surface area (Å²) in [6.45, 7) is 3.70. The van der Waals surface area contributed by atoms with Crippen LogP contribution in [0.3, 0.4) is 0 Å². The number of aromatic nitrogens is 1. The van der Waals surface area contributed by atoms with E-state index in [1.54, 1.807) is 31.5 Å². The molecule has 1 aromatic carbocycles. The highest BCUT2D eigenvalue weighted by molar-refractivity contribution is 5.95. The molecule has 1 heterocycles. The second kappa shape index (κ2) is 7.36. The minimum absolute atomic E-state index is 0.0588. The van der Waals surface area contributed by atoms with Crippen molar-refractivity contribution in [3.63, 3.8) is 0 Å². The van der Waals surface area contributed by atoms with Crippen LogP contribution in [-0.4, -0.2) is 16.8 Å². The van der Waals surface area contributed by atoms with Crippen LogP contribution >= 0.6 is 0 Å². The number of carbonyl (C=O) groups is 2. The first-order valence-corrected chi connectivity index (χ1v) is 7.17. The van der Waals surface area contributed by atoms with Crippen molar-refractivity contribution in [2.24, 2.45) is 0 Å². The number of amides is 2. The molecule has 2 amide bonds. The third-order valence-corrected chi connectivity index (χ3v) is 3.20. The molecule has 0 saturated carbocycles. The number of rotatable bonds is 5. The summed E-state index contributed by atoms with van der Waals surface area (Å²) in [7, 11) is 0. The van der Waals surface area contributed by atoms with Gasteiger partial charge < -0.3 is 10.6 Å². The lowest BCUT2D eigenvalue weighted by atomic mass is 10.1. The Morgan fingerprint density at radius 2 is 1.95 bits per heavy atom. The molecule has 0 spiro atoms. The Bertz CT molecular complexity index is 669. The minimum Gasteiger partial charge on any atom is -0.326 e. The molecule has 0 unspecified atom stereocenters. The zero-order chi connectivity index (χ0) is 15.9. The van der Waals surface area contributed by atoms with Gasteiger partial charge in [-0.25, -0.2) is 0 Å². The lowest BCUT2D eigenvalue weighted by Gasteiger charge is -2.11. The Morgan fingerprint density at radius 3 is 2.64 bits per heavy atom. The van der Waals surface area contributed by atoms with Crippen molar-refractivity contribution in [1.82, 2.24) is 4.98 Å². The van der Waals surface area contributed by atoms with E-state index in [9.17, 15) is 9.59 Å². The molecule has 0 bridgehead atoms. The highest BCUT2D eigenvalue weighted by atomic mass is 16.2.